The molecule has 4 N–H and O–H groups in total. The van der Waals surface area contributed by atoms with Gasteiger partial charge in [0, 0.05) is 69.7 Å². The molecule has 21 heteroatoms. The molecule has 4 aromatic carbocycles. The van der Waals surface area contributed by atoms with Crippen molar-refractivity contribution in [2.24, 2.45) is 5.41 Å². The van der Waals surface area contributed by atoms with Crippen LogP contribution in [0.2, 0.25) is 5.02 Å². The number of aromatic hydroxyl groups is 1. The van der Waals surface area contributed by atoms with E-state index in [4.69, 9.17) is 30.8 Å². The van der Waals surface area contributed by atoms with Gasteiger partial charge in [-0.2, -0.15) is 9.97 Å². The van der Waals surface area contributed by atoms with E-state index in [0.717, 1.165) is 21.7 Å². The molecule has 2 aromatic heterocycles. The molecule has 0 aliphatic carbocycles. The summed E-state index contributed by atoms with van der Waals surface area (Å²) in [5, 5.41) is 29.2. The Balaban J connectivity index is 0.823. The fourth-order valence-corrected chi connectivity index (χ4v) is 11.5. The minimum Gasteiger partial charge on any atom is -0.508 e. The molecule has 9 rings (SSSR count). The smallest absolute Gasteiger partial charge is 0.410 e. The standard InChI is InChI=1S/C58H69ClFN9O9S/c1-32(77-55-64-49-43(52(65-55)67-18-20-68(21-19-67)56(75)78-58(7,8)9)25-44(59)47(48(49)60)42-23-38(70)22-37-12-10-11-13-41(37)42)26-66-28-40(29-66)76-30-46(72)63-51(57(4,5)6)54(74)69-27-39(71)24-45(69)53(73)62-33(2)35-14-16-36(17-15-35)50-34(3)61-31-79-50/h10-17,22-23,25,31-33,39-40,45,51,70-71H,18-21,24,26-30H2,1-9H3,(H,62,73)(H,63,72)/t32-,33+,39-,45+,51-/m1/s1. The van der Waals surface area contributed by atoms with Crippen LogP contribution in [0.15, 0.2) is 72.2 Å². The van der Waals surface area contributed by atoms with Crippen molar-refractivity contribution in [2.45, 2.75) is 111 Å². The van der Waals surface area contributed by atoms with Gasteiger partial charge >= 0.3 is 12.1 Å². The molecule has 0 bridgehead atoms. The molecule has 79 heavy (non-hydrogen) atoms. The van der Waals surface area contributed by atoms with Gasteiger partial charge in [0.05, 0.1) is 39.4 Å². The number of ether oxygens (including phenoxy) is 3. The Morgan fingerprint density at radius 3 is 2.29 bits per heavy atom. The van der Waals surface area contributed by atoms with Gasteiger partial charge in [0.1, 0.15) is 47.5 Å². The second-order valence-electron chi connectivity index (χ2n) is 22.9. The summed E-state index contributed by atoms with van der Waals surface area (Å²) in [6, 6.07) is 17.5. The van der Waals surface area contributed by atoms with Gasteiger partial charge in [0.15, 0.2) is 5.82 Å². The number of rotatable bonds is 15. The number of hydrogen-bond acceptors (Lipinski definition) is 15. The normalized spacial score (nSPS) is 18.6. The Morgan fingerprint density at radius 1 is 0.911 bits per heavy atom. The summed E-state index contributed by atoms with van der Waals surface area (Å²) < 4.78 is 35.2. The van der Waals surface area contributed by atoms with Gasteiger partial charge in [-0.15, -0.1) is 11.3 Å². The van der Waals surface area contributed by atoms with Crippen LogP contribution in [-0.2, 0) is 23.9 Å². The number of β-amino-alcohol motifs (C(OH)–C–C–N with tert-alkyl or cyclic N) is 1. The molecule has 18 nitrogen and oxygen atoms in total. The van der Waals surface area contributed by atoms with Crippen molar-refractivity contribution in [3.8, 4) is 33.3 Å². The second kappa shape index (κ2) is 23.2. The first-order valence-corrected chi connectivity index (χ1v) is 27.9. The molecule has 0 saturated carbocycles. The maximum Gasteiger partial charge on any atom is 0.410 e. The number of carbonyl (C=O) groups excluding carboxylic acids is 4. The van der Waals surface area contributed by atoms with Gasteiger partial charge in [-0.25, -0.2) is 14.2 Å². The number of aliphatic hydroxyl groups excluding tert-OH is 1. The van der Waals surface area contributed by atoms with E-state index in [0.29, 0.717) is 73.4 Å². The summed E-state index contributed by atoms with van der Waals surface area (Å²) in [6.07, 6.45) is -2.08. The van der Waals surface area contributed by atoms with Crippen LogP contribution in [0.25, 0.3) is 43.2 Å². The van der Waals surface area contributed by atoms with Crippen LogP contribution in [0.5, 0.6) is 11.8 Å². The Bertz CT molecular complexity index is 3250. The van der Waals surface area contributed by atoms with E-state index in [2.05, 4.69) is 25.5 Å². The lowest BCUT2D eigenvalue weighted by atomic mass is 9.85. The lowest BCUT2D eigenvalue weighted by Crippen LogP contribution is -2.59. The number of aryl methyl sites for hydroxylation is 1. The van der Waals surface area contributed by atoms with E-state index in [1.165, 1.54) is 11.0 Å². The predicted octanol–water partition coefficient (Wildman–Crippen LogP) is 8.28. The largest absolute Gasteiger partial charge is 0.508 e. The van der Waals surface area contributed by atoms with Crippen molar-refractivity contribution >= 4 is 74.2 Å². The Morgan fingerprint density at radius 2 is 1.62 bits per heavy atom. The molecule has 3 saturated heterocycles. The number of anilines is 1. The molecule has 3 aliphatic heterocycles. The third kappa shape index (κ3) is 13.0. The minimum atomic E-state index is -1.02. The van der Waals surface area contributed by atoms with Crippen LogP contribution >= 0.6 is 22.9 Å². The Labute approximate surface area is 468 Å². The number of phenolic OH excluding ortho intramolecular Hbond substituents is 1. The maximum absolute atomic E-state index is 17.2. The molecular weight excluding hydrogens is 1050 g/mol. The third-order valence-electron chi connectivity index (χ3n) is 14.4. The quantitative estimate of drug-likeness (QED) is 0.0763. The van der Waals surface area contributed by atoms with E-state index in [-0.39, 0.29) is 59.6 Å². The van der Waals surface area contributed by atoms with Crippen LogP contribution < -0.4 is 20.3 Å². The zero-order valence-corrected chi connectivity index (χ0v) is 47.6. The SMILES string of the molecule is Cc1ncsc1-c1ccc([C@H](C)NC(=O)[C@@H]2C[C@@H](O)CN2C(=O)[C@@H](NC(=O)COC2CN(C[C@@H](C)Oc3nc(N4CCN(C(=O)OC(C)(C)C)CC4)c4cc(Cl)c(-c5cc(O)cc6ccccc56)c(F)c4n3)C2)C(C)(C)C)cc1. The van der Waals surface area contributed by atoms with Crippen molar-refractivity contribution in [3.05, 3.63) is 94.3 Å². The number of halogens is 2. The highest BCUT2D eigenvalue weighted by Gasteiger charge is 2.45. The first-order valence-electron chi connectivity index (χ1n) is 26.6. The van der Waals surface area contributed by atoms with Crippen molar-refractivity contribution in [1.29, 1.82) is 0 Å². The number of carbonyl (C=O) groups is 4. The zero-order valence-electron chi connectivity index (χ0n) is 46.0. The van der Waals surface area contributed by atoms with Gasteiger partial charge in [0.2, 0.25) is 17.7 Å². The van der Waals surface area contributed by atoms with Gasteiger partial charge in [-0.3, -0.25) is 19.3 Å². The summed E-state index contributed by atoms with van der Waals surface area (Å²) in [6.45, 7) is 18.9. The molecule has 3 aliphatic rings. The van der Waals surface area contributed by atoms with E-state index >= 15 is 4.39 Å². The highest BCUT2D eigenvalue weighted by atomic mass is 35.5. The van der Waals surface area contributed by atoms with E-state index in [1.807, 2.05) is 116 Å². The van der Waals surface area contributed by atoms with Gasteiger partial charge in [-0.1, -0.05) is 80.9 Å². The average Bonchev–Trinajstić information content (AvgIpc) is 4.15. The fourth-order valence-electron chi connectivity index (χ4n) is 10.4. The molecule has 0 radical (unpaired) electrons. The minimum absolute atomic E-state index is 0.0334. The summed E-state index contributed by atoms with van der Waals surface area (Å²) in [7, 11) is 0. The van der Waals surface area contributed by atoms with Crippen molar-refractivity contribution in [1.82, 2.24) is 40.3 Å². The summed E-state index contributed by atoms with van der Waals surface area (Å²) in [5.41, 5.74) is 3.66. The molecular formula is C58H69ClFN9O9S. The van der Waals surface area contributed by atoms with Gasteiger partial charge in [-0.05, 0) is 92.6 Å². The van der Waals surface area contributed by atoms with Crippen LogP contribution in [-0.4, -0.2) is 159 Å². The lowest BCUT2D eigenvalue weighted by molar-refractivity contribution is -0.146. The lowest BCUT2D eigenvalue weighted by Gasteiger charge is -2.40. The van der Waals surface area contributed by atoms with E-state index in [9.17, 15) is 29.4 Å². The molecule has 420 valence electrons. The number of thiazole rings is 1. The molecule has 0 unspecified atom stereocenters. The number of nitrogens with zero attached hydrogens (tertiary/aromatic N) is 7. The number of hydrogen-bond donors (Lipinski definition) is 4. The number of nitrogens with one attached hydrogen (secondary N) is 2. The molecule has 5 atom stereocenters. The van der Waals surface area contributed by atoms with Crippen LogP contribution in [0.1, 0.15) is 79.1 Å². The Hall–Kier alpha value is -6.71. The molecule has 0 spiro atoms. The number of benzene rings is 4. The van der Waals surface area contributed by atoms with E-state index in [1.54, 1.807) is 33.9 Å². The number of aromatic nitrogens is 3. The molecule has 3 fully saturated rings. The Kier molecular flexibility index (Phi) is 16.7. The number of likely N-dealkylation sites (tertiary alicyclic amines) is 2. The number of piperazine rings is 1. The molecule has 5 heterocycles. The first kappa shape index (κ1) is 57.0. The number of fused-ring (bicyclic) bond motifs is 2. The van der Waals surface area contributed by atoms with Crippen LogP contribution in [0.4, 0.5) is 15.0 Å². The van der Waals surface area contributed by atoms with Gasteiger partial charge in [0.25, 0.3) is 0 Å². The summed E-state index contributed by atoms with van der Waals surface area (Å²) in [4.78, 5) is 76.5. The predicted molar refractivity (Wildman–Crippen MR) is 302 cm³/mol. The third-order valence-corrected chi connectivity index (χ3v) is 15.7. The van der Waals surface area contributed by atoms with Crippen molar-refractivity contribution in [2.75, 3.05) is 63.9 Å². The molecule has 6 aromatic rings. The average molecular weight is 1120 g/mol. The fraction of sp³-hybridized carbons (Fsp3) is 0.466. The van der Waals surface area contributed by atoms with Crippen LogP contribution in [0, 0.1) is 18.2 Å². The molecule has 4 amide bonds. The zero-order chi connectivity index (χ0) is 56.7. The van der Waals surface area contributed by atoms with Gasteiger partial charge < -0.3 is 49.8 Å². The highest BCUT2D eigenvalue weighted by molar-refractivity contribution is 7.13. The van der Waals surface area contributed by atoms with Crippen LogP contribution in [0.3, 0.4) is 0 Å². The second-order valence-corrected chi connectivity index (χ2v) is 24.2. The van der Waals surface area contributed by atoms with Crippen molar-refractivity contribution in [3.63, 3.8) is 0 Å². The summed E-state index contributed by atoms with van der Waals surface area (Å²) >= 11 is 8.52. The summed E-state index contributed by atoms with van der Waals surface area (Å²) in [5.74, 6) is -1.76. The number of aliphatic hydroxyl groups is 1. The monoisotopic (exact) mass is 1120 g/mol. The highest BCUT2D eigenvalue weighted by Crippen LogP contribution is 2.43. The topological polar surface area (TPSA) is 212 Å². The number of phenols is 1. The number of amides is 4. The van der Waals surface area contributed by atoms with E-state index < -0.39 is 64.9 Å². The van der Waals surface area contributed by atoms with Crippen molar-refractivity contribution < 1.29 is 48.0 Å². The maximum atomic E-state index is 17.2. The first-order chi connectivity index (χ1) is 37.4.